The Balaban J connectivity index is 0.00000729. The first-order chi connectivity index (χ1) is 13.1. The lowest BCUT2D eigenvalue weighted by Crippen LogP contribution is -2.40. The molecule has 0 spiro atoms. The Bertz CT molecular complexity index is 587. The van der Waals surface area contributed by atoms with Gasteiger partial charge in [0, 0.05) is 57.8 Å². The normalized spacial score (nSPS) is 10.9. The van der Waals surface area contributed by atoms with Crippen molar-refractivity contribution in [3.05, 3.63) is 34.3 Å². The molecule has 1 rings (SSSR count). The first-order valence-electron chi connectivity index (χ1n) is 9.58. The number of hydrogen-bond donors (Lipinski definition) is 2. The van der Waals surface area contributed by atoms with E-state index in [9.17, 15) is 4.79 Å². The van der Waals surface area contributed by atoms with Crippen LogP contribution < -0.4 is 10.6 Å². The third-order valence-electron chi connectivity index (χ3n) is 4.05. The highest BCUT2D eigenvalue weighted by molar-refractivity contribution is 14.0. The molecule has 0 unspecified atom stereocenters. The Morgan fingerprint density at radius 1 is 1.18 bits per heavy atom. The Hall–Kier alpha value is -0.870. The minimum absolute atomic E-state index is 0. The molecule has 2 N–H and O–H groups in total. The molecule has 1 amide bonds. The van der Waals surface area contributed by atoms with Gasteiger partial charge in [0.15, 0.2) is 5.96 Å². The van der Waals surface area contributed by atoms with Gasteiger partial charge in [-0.25, -0.2) is 0 Å². The van der Waals surface area contributed by atoms with E-state index < -0.39 is 0 Å². The Morgan fingerprint density at radius 3 is 2.54 bits per heavy atom. The summed E-state index contributed by atoms with van der Waals surface area (Å²) in [5.74, 6) is 0.808. The molecule has 28 heavy (non-hydrogen) atoms. The van der Waals surface area contributed by atoms with Crippen LogP contribution in [0, 0.1) is 0 Å². The number of carbonyl (C=O) groups excluding carboxylic acids is 1. The van der Waals surface area contributed by atoms with E-state index in [1.807, 2.05) is 31.3 Å². The van der Waals surface area contributed by atoms with E-state index in [4.69, 9.17) is 4.74 Å². The predicted octanol–water partition coefficient (Wildman–Crippen LogP) is 3.79. The molecular weight excluding hydrogens is 535 g/mol. The summed E-state index contributed by atoms with van der Waals surface area (Å²) in [6, 6.07) is 7.95. The summed E-state index contributed by atoms with van der Waals surface area (Å²) in [6.45, 7) is 5.67. The van der Waals surface area contributed by atoms with E-state index in [2.05, 4.69) is 38.5 Å². The number of rotatable bonds is 12. The topological polar surface area (TPSA) is 66.0 Å². The largest absolute Gasteiger partial charge is 0.381 e. The number of hydrogen-bond acceptors (Lipinski definition) is 3. The lowest BCUT2D eigenvalue weighted by molar-refractivity contribution is -0.130. The fourth-order valence-electron chi connectivity index (χ4n) is 2.40. The Morgan fingerprint density at radius 2 is 1.86 bits per heavy atom. The molecule has 0 radical (unpaired) electrons. The fraction of sp³-hybridized carbons (Fsp3) is 0.600. The zero-order valence-electron chi connectivity index (χ0n) is 17.2. The van der Waals surface area contributed by atoms with Gasteiger partial charge >= 0.3 is 0 Å². The number of aliphatic imine (C=N–C) groups is 1. The molecule has 1 aromatic carbocycles. The molecule has 8 heteroatoms. The second-order valence-electron chi connectivity index (χ2n) is 6.34. The molecule has 0 aliphatic heterocycles. The highest BCUT2D eigenvalue weighted by Gasteiger charge is 2.10. The van der Waals surface area contributed by atoms with E-state index in [0.717, 1.165) is 49.1 Å². The number of carbonyl (C=O) groups is 1. The third-order valence-corrected chi connectivity index (χ3v) is 4.82. The van der Waals surface area contributed by atoms with Gasteiger partial charge in [-0.05, 0) is 24.5 Å². The number of halogens is 2. The van der Waals surface area contributed by atoms with Gasteiger partial charge in [-0.2, -0.15) is 0 Å². The van der Waals surface area contributed by atoms with Crippen LogP contribution in [0.4, 0.5) is 0 Å². The maximum atomic E-state index is 12.3. The van der Waals surface area contributed by atoms with Crippen LogP contribution in [0.3, 0.4) is 0 Å². The molecule has 0 aliphatic rings. The van der Waals surface area contributed by atoms with Crippen molar-refractivity contribution in [3.8, 4) is 0 Å². The zero-order chi connectivity index (χ0) is 19.9. The van der Waals surface area contributed by atoms with Gasteiger partial charge < -0.3 is 20.3 Å². The van der Waals surface area contributed by atoms with Gasteiger partial charge in [-0.3, -0.25) is 9.79 Å². The first kappa shape index (κ1) is 27.1. The molecular formula is C20H34BrIN4O2. The quantitative estimate of drug-likeness (QED) is 0.174. The summed E-state index contributed by atoms with van der Waals surface area (Å²) in [5, 5.41) is 6.42. The van der Waals surface area contributed by atoms with E-state index in [-0.39, 0.29) is 29.9 Å². The molecule has 0 saturated heterocycles. The van der Waals surface area contributed by atoms with Gasteiger partial charge in [0.05, 0.1) is 0 Å². The minimum atomic E-state index is 0. The summed E-state index contributed by atoms with van der Waals surface area (Å²) in [4.78, 5) is 18.2. The van der Waals surface area contributed by atoms with Crippen LogP contribution in [0.2, 0.25) is 0 Å². The van der Waals surface area contributed by atoms with Crippen LogP contribution >= 0.6 is 39.9 Å². The lowest BCUT2D eigenvalue weighted by Gasteiger charge is -2.19. The first-order valence-corrected chi connectivity index (χ1v) is 10.4. The molecule has 1 aromatic rings. The van der Waals surface area contributed by atoms with E-state index in [1.165, 1.54) is 0 Å². The molecule has 0 saturated carbocycles. The number of ether oxygens (including phenoxy) is 1. The third kappa shape index (κ3) is 11.9. The maximum absolute atomic E-state index is 12.3. The van der Waals surface area contributed by atoms with Crippen LogP contribution in [0.1, 0.15) is 38.2 Å². The zero-order valence-corrected chi connectivity index (χ0v) is 21.1. The number of guanidine groups is 1. The van der Waals surface area contributed by atoms with E-state index >= 15 is 0 Å². The van der Waals surface area contributed by atoms with Crippen molar-refractivity contribution in [1.29, 1.82) is 0 Å². The molecule has 0 bridgehead atoms. The van der Waals surface area contributed by atoms with Crippen LogP contribution in [0.25, 0.3) is 0 Å². The number of nitrogens with one attached hydrogen (secondary N) is 2. The Kier molecular flexibility index (Phi) is 16.5. The fourth-order valence-corrected chi connectivity index (χ4v) is 2.81. The standard InChI is InChI=1S/C20H33BrN4O2.HI/c1-4-5-14-27-15-8-12-23-20(22-2)24-13-11-19(26)25(3)16-17-9-6-7-10-18(17)21;/h6-7,9-10H,4-5,8,11-16H2,1-3H3,(H2,22,23,24);1H. The van der Waals surface area contributed by atoms with Crippen LogP contribution in [0.5, 0.6) is 0 Å². The van der Waals surface area contributed by atoms with Crippen LogP contribution in [-0.4, -0.2) is 57.2 Å². The molecule has 0 heterocycles. The van der Waals surface area contributed by atoms with E-state index in [0.29, 0.717) is 25.5 Å². The second-order valence-corrected chi connectivity index (χ2v) is 7.19. The van der Waals surface area contributed by atoms with Gasteiger partial charge in [0.25, 0.3) is 0 Å². The van der Waals surface area contributed by atoms with Gasteiger partial charge in [-0.15, -0.1) is 24.0 Å². The van der Waals surface area contributed by atoms with Crippen molar-refractivity contribution in [2.24, 2.45) is 4.99 Å². The maximum Gasteiger partial charge on any atom is 0.224 e. The molecule has 0 aliphatic carbocycles. The molecule has 160 valence electrons. The van der Waals surface area contributed by atoms with Gasteiger partial charge in [0.1, 0.15) is 0 Å². The molecule has 6 nitrogen and oxygen atoms in total. The summed E-state index contributed by atoms with van der Waals surface area (Å²) >= 11 is 3.52. The van der Waals surface area contributed by atoms with Crippen LogP contribution in [-0.2, 0) is 16.1 Å². The molecule has 0 atom stereocenters. The number of benzene rings is 1. The van der Waals surface area contributed by atoms with Crippen molar-refractivity contribution in [2.45, 2.75) is 39.2 Å². The summed E-state index contributed by atoms with van der Waals surface area (Å²) < 4.78 is 6.55. The van der Waals surface area contributed by atoms with Crippen LogP contribution in [0.15, 0.2) is 33.7 Å². The summed E-state index contributed by atoms with van der Waals surface area (Å²) in [5.41, 5.74) is 1.10. The highest BCUT2D eigenvalue weighted by atomic mass is 127. The smallest absolute Gasteiger partial charge is 0.224 e. The number of unbranched alkanes of at least 4 members (excludes halogenated alkanes) is 1. The average molecular weight is 569 g/mol. The Labute approximate surface area is 195 Å². The summed E-state index contributed by atoms with van der Waals surface area (Å²) in [6.07, 6.45) is 3.62. The molecule has 0 aromatic heterocycles. The minimum Gasteiger partial charge on any atom is -0.381 e. The number of amides is 1. The lowest BCUT2D eigenvalue weighted by atomic mass is 10.2. The summed E-state index contributed by atoms with van der Waals surface area (Å²) in [7, 11) is 3.56. The van der Waals surface area contributed by atoms with Gasteiger partial charge in [-0.1, -0.05) is 47.5 Å². The average Bonchev–Trinajstić information content (AvgIpc) is 2.67. The van der Waals surface area contributed by atoms with Crippen molar-refractivity contribution >= 4 is 51.8 Å². The molecule has 0 fully saturated rings. The SMILES string of the molecule is CCCCOCCCNC(=NC)NCCC(=O)N(C)Cc1ccccc1Br.I. The van der Waals surface area contributed by atoms with E-state index in [1.54, 1.807) is 11.9 Å². The monoisotopic (exact) mass is 568 g/mol. The highest BCUT2D eigenvalue weighted by Crippen LogP contribution is 2.17. The van der Waals surface area contributed by atoms with Crippen molar-refractivity contribution in [1.82, 2.24) is 15.5 Å². The van der Waals surface area contributed by atoms with Crippen molar-refractivity contribution in [2.75, 3.05) is 40.4 Å². The predicted molar refractivity (Wildman–Crippen MR) is 130 cm³/mol. The van der Waals surface area contributed by atoms with Crippen molar-refractivity contribution in [3.63, 3.8) is 0 Å². The second kappa shape index (κ2) is 17.0. The van der Waals surface area contributed by atoms with Crippen molar-refractivity contribution < 1.29 is 9.53 Å². The number of nitrogens with zero attached hydrogens (tertiary/aromatic N) is 2. The van der Waals surface area contributed by atoms with Gasteiger partial charge in [0.2, 0.25) is 5.91 Å².